The van der Waals surface area contributed by atoms with Crippen LogP contribution in [-0.4, -0.2) is 9.30 Å². The van der Waals surface area contributed by atoms with E-state index in [-0.39, 0.29) is 10.8 Å². The van der Waals surface area contributed by atoms with Crippen LogP contribution in [0.1, 0.15) is 44.9 Å². The molecule has 24 heavy (non-hydrogen) atoms. The maximum Gasteiger partial charge on any atom is 0.136 e. The Bertz CT molecular complexity index is 658. The second-order valence-electron chi connectivity index (χ2n) is 6.68. The van der Waals surface area contributed by atoms with Crippen LogP contribution >= 0.6 is 27.7 Å². The summed E-state index contributed by atoms with van der Waals surface area (Å²) >= 11 is 4.34. The highest BCUT2D eigenvalue weighted by Crippen LogP contribution is 2.31. The molecule has 0 saturated heterocycles. The average molecular weight is 426 g/mol. The van der Waals surface area contributed by atoms with Crippen LogP contribution in [0.5, 0.6) is 0 Å². The molecule has 0 aliphatic heterocycles. The minimum absolute atomic E-state index is 0.0108. The molecule has 0 aliphatic rings. The lowest BCUT2D eigenvalue weighted by molar-refractivity contribution is 0.531. The largest absolute Gasteiger partial charge is 0.598 e. The Morgan fingerprint density at radius 2 is 1.83 bits per heavy atom. The first-order valence-electron chi connectivity index (χ1n) is 7.91. The van der Waals surface area contributed by atoms with Crippen molar-refractivity contribution in [3.05, 3.63) is 64.1 Å². The molecule has 1 unspecified atom stereocenters. The molecule has 0 bridgehead atoms. The highest BCUT2D eigenvalue weighted by atomic mass is 79.9. The molecule has 2 aromatic carbocycles. The van der Waals surface area contributed by atoms with Crippen LogP contribution in [0.25, 0.3) is 0 Å². The van der Waals surface area contributed by atoms with Crippen molar-refractivity contribution < 1.29 is 4.55 Å². The number of hydrogen-bond donors (Lipinski definition) is 1. The van der Waals surface area contributed by atoms with Crippen LogP contribution in [0.15, 0.2) is 57.9 Å². The Morgan fingerprint density at radius 1 is 1.17 bits per heavy atom. The molecule has 0 aliphatic carbocycles. The average Bonchev–Trinajstić information content (AvgIpc) is 2.54. The van der Waals surface area contributed by atoms with Gasteiger partial charge in [0, 0.05) is 26.5 Å². The lowest BCUT2D eigenvalue weighted by Gasteiger charge is -2.27. The van der Waals surface area contributed by atoms with Crippen LogP contribution in [-0.2, 0) is 17.1 Å². The van der Waals surface area contributed by atoms with E-state index in [0.717, 1.165) is 15.8 Å². The fourth-order valence-electron chi connectivity index (χ4n) is 2.09. The standard InChI is InChI=1S/C19H24BrNOS2/c1-14(21-24(22)19(2,3)4)17-12-16(10-11-18(17)20)23-13-15-8-6-5-7-9-15/h5-12,14,21H,13H2,1-4H3/t14-,24?/m0/s1. The second-order valence-corrected chi connectivity index (χ2v) is 10.6. The van der Waals surface area contributed by atoms with E-state index in [1.807, 2.05) is 38.6 Å². The molecule has 0 aromatic heterocycles. The highest BCUT2D eigenvalue weighted by molar-refractivity contribution is 9.10. The van der Waals surface area contributed by atoms with E-state index in [4.69, 9.17) is 0 Å². The first-order chi connectivity index (χ1) is 11.3. The molecule has 0 saturated carbocycles. The summed E-state index contributed by atoms with van der Waals surface area (Å²) in [6.45, 7) is 7.98. The van der Waals surface area contributed by atoms with Gasteiger partial charge in [0.05, 0.1) is 6.04 Å². The van der Waals surface area contributed by atoms with Gasteiger partial charge in [0.2, 0.25) is 0 Å². The van der Waals surface area contributed by atoms with Crippen molar-refractivity contribution in [1.29, 1.82) is 0 Å². The van der Waals surface area contributed by atoms with Crippen LogP contribution in [0.4, 0.5) is 0 Å². The van der Waals surface area contributed by atoms with Crippen molar-refractivity contribution in [2.24, 2.45) is 0 Å². The fourth-order valence-corrected chi connectivity index (χ4v) is 4.38. The number of hydrogen-bond acceptors (Lipinski definition) is 3. The summed E-state index contributed by atoms with van der Waals surface area (Å²) in [6, 6.07) is 16.8. The minimum Gasteiger partial charge on any atom is -0.598 e. The molecule has 5 heteroatoms. The third kappa shape index (κ3) is 5.81. The molecule has 0 radical (unpaired) electrons. The lowest BCUT2D eigenvalue weighted by Crippen LogP contribution is -2.40. The Morgan fingerprint density at radius 3 is 2.46 bits per heavy atom. The molecular formula is C19H24BrNOS2. The third-order valence-corrected chi connectivity index (χ3v) is 6.99. The van der Waals surface area contributed by atoms with Gasteiger partial charge in [-0.05, 0) is 57.0 Å². The van der Waals surface area contributed by atoms with Gasteiger partial charge in [-0.2, -0.15) is 0 Å². The first-order valence-corrected chi connectivity index (χ1v) is 10.8. The van der Waals surface area contributed by atoms with E-state index in [9.17, 15) is 4.55 Å². The summed E-state index contributed by atoms with van der Waals surface area (Å²) in [4.78, 5) is 1.22. The number of thioether (sulfide) groups is 1. The lowest BCUT2D eigenvalue weighted by atomic mass is 10.1. The van der Waals surface area contributed by atoms with Gasteiger partial charge in [0.15, 0.2) is 0 Å². The summed E-state index contributed by atoms with van der Waals surface area (Å²) in [5.74, 6) is 0.942. The van der Waals surface area contributed by atoms with Crippen molar-refractivity contribution >= 4 is 39.1 Å². The molecule has 1 N–H and O–H groups in total. The number of nitrogens with one attached hydrogen (secondary N) is 1. The van der Waals surface area contributed by atoms with E-state index >= 15 is 0 Å². The van der Waals surface area contributed by atoms with E-state index in [1.54, 1.807) is 0 Å². The maximum atomic E-state index is 12.3. The summed E-state index contributed by atoms with van der Waals surface area (Å²) in [5, 5.41) is 0. The van der Waals surface area contributed by atoms with E-state index in [1.165, 1.54) is 10.5 Å². The van der Waals surface area contributed by atoms with Crippen LogP contribution in [0.3, 0.4) is 0 Å². The Labute approximate surface area is 161 Å². The number of rotatable bonds is 6. The zero-order chi connectivity index (χ0) is 17.7. The molecule has 0 spiro atoms. The van der Waals surface area contributed by atoms with Crippen molar-refractivity contribution in [3.8, 4) is 0 Å². The molecule has 2 atom stereocenters. The molecule has 2 nitrogen and oxygen atoms in total. The van der Waals surface area contributed by atoms with Crippen molar-refractivity contribution in [2.75, 3.05) is 0 Å². The third-order valence-electron chi connectivity index (χ3n) is 3.52. The number of benzene rings is 2. The maximum absolute atomic E-state index is 12.3. The second kappa shape index (κ2) is 8.77. The van der Waals surface area contributed by atoms with Gasteiger partial charge in [0.1, 0.15) is 4.75 Å². The van der Waals surface area contributed by atoms with Gasteiger partial charge in [0.25, 0.3) is 0 Å². The zero-order valence-corrected chi connectivity index (χ0v) is 17.7. The van der Waals surface area contributed by atoms with Crippen LogP contribution in [0, 0.1) is 0 Å². The number of halogens is 1. The van der Waals surface area contributed by atoms with Crippen LogP contribution < -0.4 is 4.72 Å². The summed E-state index contributed by atoms with van der Waals surface area (Å²) in [5.41, 5.74) is 2.44. The normalized spacial score (nSPS) is 14.4. The van der Waals surface area contributed by atoms with Gasteiger partial charge in [-0.1, -0.05) is 46.3 Å². The fraction of sp³-hybridized carbons (Fsp3) is 0.368. The molecule has 2 aromatic rings. The van der Waals surface area contributed by atoms with Gasteiger partial charge < -0.3 is 4.55 Å². The predicted molar refractivity (Wildman–Crippen MR) is 110 cm³/mol. The summed E-state index contributed by atoms with van der Waals surface area (Å²) in [6.07, 6.45) is 0. The SMILES string of the molecule is C[C@H](N[S+]([O-])C(C)(C)C)c1cc(SCc2ccccc2)ccc1Br. The smallest absolute Gasteiger partial charge is 0.136 e. The minimum atomic E-state index is -1.09. The van der Waals surface area contributed by atoms with Crippen LogP contribution in [0.2, 0.25) is 0 Å². The predicted octanol–water partition coefficient (Wildman–Crippen LogP) is 5.85. The van der Waals surface area contributed by atoms with Crippen molar-refractivity contribution in [1.82, 2.24) is 4.72 Å². The highest BCUT2D eigenvalue weighted by Gasteiger charge is 2.28. The molecule has 130 valence electrons. The molecule has 0 heterocycles. The Kier molecular flexibility index (Phi) is 7.25. The topological polar surface area (TPSA) is 35.1 Å². The van der Waals surface area contributed by atoms with E-state index in [0.29, 0.717) is 0 Å². The van der Waals surface area contributed by atoms with Crippen molar-refractivity contribution in [2.45, 2.75) is 49.1 Å². The molecular weight excluding hydrogens is 402 g/mol. The molecule has 0 fully saturated rings. The van der Waals surface area contributed by atoms with Gasteiger partial charge in [-0.25, -0.2) is 0 Å². The Balaban J connectivity index is 2.07. The van der Waals surface area contributed by atoms with E-state index < -0.39 is 11.4 Å². The first kappa shape index (κ1) is 19.9. The zero-order valence-electron chi connectivity index (χ0n) is 14.5. The molecule has 0 amide bonds. The van der Waals surface area contributed by atoms with E-state index in [2.05, 4.69) is 70.0 Å². The summed E-state index contributed by atoms with van der Waals surface area (Å²) in [7, 11) is 0. The molecule has 2 rings (SSSR count). The Hall–Kier alpha value is -0.460. The van der Waals surface area contributed by atoms with Gasteiger partial charge in [-0.15, -0.1) is 16.5 Å². The quantitative estimate of drug-likeness (QED) is 0.465. The monoisotopic (exact) mass is 425 g/mol. The summed E-state index contributed by atoms with van der Waals surface area (Å²) < 4.78 is 16.3. The van der Waals surface area contributed by atoms with Crippen molar-refractivity contribution in [3.63, 3.8) is 0 Å². The van der Waals surface area contributed by atoms with Gasteiger partial charge in [-0.3, -0.25) is 0 Å². The van der Waals surface area contributed by atoms with Gasteiger partial charge >= 0.3 is 0 Å².